The molecule has 0 atom stereocenters. The van der Waals surface area contributed by atoms with Crippen molar-refractivity contribution in [1.82, 2.24) is 0 Å². The van der Waals surface area contributed by atoms with Gasteiger partial charge < -0.3 is 14.9 Å². The van der Waals surface area contributed by atoms with Gasteiger partial charge in [-0.15, -0.1) is 24.8 Å². The molecule has 0 saturated carbocycles. The quantitative estimate of drug-likeness (QED) is 0.680. The third kappa shape index (κ3) is 2.46. The van der Waals surface area contributed by atoms with Crippen molar-refractivity contribution in [2.75, 3.05) is 6.61 Å². The largest absolute Gasteiger partial charge is 0.479 e. The molecule has 0 amide bonds. The zero-order valence-corrected chi connectivity index (χ0v) is 8.19. The van der Waals surface area contributed by atoms with Crippen LogP contribution in [0.5, 0.6) is 0 Å². The van der Waals surface area contributed by atoms with Crippen molar-refractivity contribution in [3.63, 3.8) is 0 Å². The van der Waals surface area contributed by atoms with E-state index >= 15 is 0 Å². The van der Waals surface area contributed by atoms with E-state index in [9.17, 15) is 9.59 Å². The number of carbonyl (C=O) groups is 2. The lowest BCUT2D eigenvalue weighted by molar-refractivity contribution is -0.177. The standard InChI is InChI=1S/C6H8O5.2ClH/c7-4(8)6(5(9)10)2-1-3-11-6;;/h1-3H2,(H,7,8)(H,9,10);2*1H. The number of aliphatic carboxylic acids is 2. The molecule has 0 aromatic rings. The lowest BCUT2D eigenvalue weighted by Crippen LogP contribution is -2.45. The summed E-state index contributed by atoms with van der Waals surface area (Å²) in [4.78, 5) is 20.9. The molecule has 13 heavy (non-hydrogen) atoms. The summed E-state index contributed by atoms with van der Waals surface area (Å²) in [6.45, 7) is 0.207. The molecule has 1 heterocycles. The monoisotopic (exact) mass is 232 g/mol. The third-order valence-corrected chi connectivity index (χ3v) is 1.71. The smallest absolute Gasteiger partial charge is 0.347 e. The van der Waals surface area contributed by atoms with Crippen molar-refractivity contribution >= 4 is 36.8 Å². The van der Waals surface area contributed by atoms with Crippen LogP contribution in [-0.4, -0.2) is 34.4 Å². The van der Waals surface area contributed by atoms with E-state index in [0.29, 0.717) is 6.42 Å². The van der Waals surface area contributed by atoms with E-state index in [2.05, 4.69) is 4.74 Å². The van der Waals surface area contributed by atoms with Gasteiger partial charge in [-0.2, -0.15) is 0 Å². The maximum absolute atomic E-state index is 10.5. The fraction of sp³-hybridized carbons (Fsp3) is 0.667. The molecule has 1 saturated heterocycles. The number of hydrogen-bond acceptors (Lipinski definition) is 3. The lowest BCUT2D eigenvalue weighted by Gasteiger charge is -2.16. The van der Waals surface area contributed by atoms with Crippen molar-refractivity contribution in [2.24, 2.45) is 0 Å². The Bertz CT molecular complexity index is 183. The second-order valence-electron chi connectivity index (χ2n) is 2.39. The summed E-state index contributed by atoms with van der Waals surface area (Å²) in [7, 11) is 0. The van der Waals surface area contributed by atoms with Gasteiger partial charge in [-0.25, -0.2) is 9.59 Å². The Kier molecular flexibility index (Phi) is 6.06. The third-order valence-electron chi connectivity index (χ3n) is 1.71. The topological polar surface area (TPSA) is 83.8 Å². The molecule has 1 aliphatic heterocycles. The van der Waals surface area contributed by atoms with Gasteiger partial charge in [-0.1, -0.05) is 0 Å². The van der Waals surface area contributed by atoms with Crippen LogP contribution in [0.1, 0.15) is 12.8 Å². The molecule has 7 heteroatoms. The summed E-state index contributed by atoms with van der Waals surface area (Å²) in [6, 6.07) is 0. The first kappa shape index (κ1) is 15.0. The van der Waals surface area contributed by atoms with Crippen LogP contribution in [0, 0.1) is 0 Å². The van der Waals surface area contributed by atoms with Crippen molar-refractivity contribution in [3.8, 4) is 0 Å². The van der Waals surface area contributed by atoms with E-state index in [-0.39, 0.29) is 37.8 Å². The first-order valence-electron chi connectivity index (χ1n) is 3.20. The Morgan fingerprint density at radius 3 is 1.77 bits per heavy atom. The van der Waals surface area contributed by atoms with Crippen LogP contribution < -0.4 is 0 Å². The van der Waals surface area contributed by atoms with Crippen molar-refractivity contribution in [2.45, 2.75) is 18.4 Å². The van der Waals surface area contributed by atoms with Crippen LogP contribution in [0.2, 0.25) is 0 Å². The Labute approximate surface area is 86.9 Å². The normalized spacial score (nSPS) is 18.2. The van der Waals surface area contributed by atoms with E-state index in [1.165, 1.54) is 0 Å². The zero-order chi connectivity index (χ0) is 8.48. The van der Waals surface area contributed by atoms with Crippen LogP contribution in [0.15, 0.2) is 0 Å². The highest BCUT2D eigenvalue weighted by molar-refractivity contribution is 6.02. The van der Waals surface area contributed by atoms with E-state index in [1.54, 1.807) is 0 Å². The van der Waals surface area contributed by atoms with Gasteiger partial charge in [0.25, 0.3) is 5.60 Å². The minimum absolute atomic E-state index is 0. The fourth-order valence-corrected chi connectivity index (χ4v) is 1.07. The Balaban J connectivity index is 0. The van der Waals surface area contributed by atoms with Gasteiger partial charge in [0.2, 0.25) is 0 Å². The second kappa shape index (κ2) is 5.26. The van der Waals surface area contributed by atoms with Crippen molar-refractivity contribution < 1.29 is 24.5 Å². The number of halogens is 2. The molecule has 0 aromatic heterocycles. The number of rotatable bonds is 2. The average molecular weight is 233 g/mol. The Hall–Kier alpha value is -0.520. The molecule has 1 aliphatic rings. The van der Waals surface area contributed by atoms with E-state index in [4.69, 9.17) is 10.2 Å². The first-order chi connectivity index (χ1) is 5.09. The predicted octanol–water partition coefficient (Wildman–Crippen LogP) is 0.548. The van der Waals surface area contributed by atoms with Gasteiger partial charge >= 0.3 is 11.9 Å². The summed E-state index contributed by atoms with van der Waals surface area (Å²) in [6.07, 6.45) is 0.538. The molecule has 0 unspecified atom stereocenters. The molecule has 1 fully saturated rings. The van der Waals surface area contributed by atoms with Gasteiger partial charge in [0.15, 0.2) is 0 Å². The highest BCUT2D eigenvalue weighted by atomic mass is 35.5. The molecule has 0 radical (unpaired) electrons. The van der Waals surface area contributed by atoms with Gasteiger partial charge in [-0.05, 0) is 6.42 Å². The SMILES string of the molecule is Cl.Cl.O=C(O)C1(C(=O)O)CCCO1. The zero-order valence-electron chi connectivity index (χ0n) is 6.56. The van der Waals surface area contributed by atoms with Gasteiger partial charge in [-0.3, -0.25) is 0 Å². The highest BCUT2D eigenvalue weighted by Gasteiger charge is 2.50. The Morgan fingerprint density at radius 2 is 1.62 bits per heavy atom. The maximum atomic E-state index is 10.5. The first-order valence-corrected chi connectivity index (χ1v) is 3.20. The van der Waals surface area contributed by atoms with E-state index in [0.717, 1.165) is 0 Å². The van der Waals surface area contributed by atoms with Crippen LogP contribution in [0.25, 0.3) is 0 Å². The van der Waals surface area contributed by atoms with Gasteiger partial charge in [0, 0.05) is 13.0 Å². The molecule has 0 aromatic carbocycles. The summed E-state index contributed by atoms with van der Waals surface area (Å²) in [5.41, 5.74) is -1.97. The second-order valence-corrected chi connectivity index (χ2v) is 2.39. The molecule has 0 spiro atoms. The van der Waals surface area contributed by atoms with Gasteiger partial charge in [0.1, 0.15) is 0 Å². The fourth-order valence-electron chi connectivity index (χ4n) is 1.07. The molecule has 78 valence electrons. The average Bonchev–Trinajstić information content (AvgIpc) is 2.34. The number of carboxylic acids is 2. The minimum atomic E-state index is -1.97. The summed E-state index contributed by atoms with van der Waals surface area (Å²) >= 11 is 0. The molecule has 0 aliphatic carbocycles. The molecule has 1 rings (SSSR count). The highest BCUT2D eigenvalue weighted by Crippen LogP contribution is 2.25. The van der Waals surface area contributed by atoms with Crippen LogP contribution in [-0.2, 0) is 14.3 Å². The van der Waals surface area contributed by atoms with Crippen molar-refractivity contribution in [1.29, 1.82) is 0 Å². The molecular formula is C6H10Cl2O5. The molecule has 0 bridgehead atoms. The molecular weight excluding hydrogens is 223 g/mol. The maximum Gasteiger partial charge on any atom is 0.347 e. The summed E-state index contributed by atoms with van der Waals surface area (Å²) < 4.78 is 4.66. The van der Waals surface area contributed by atoms with E-state index in [1.807, 2.05) is 0 Å². The Morgan fingerprint density at radius 1 is 1.15 bits per heavy atom. The van der Waals surface area contributed by atoms with Crippen LogP contribution in [0.3, 0.4) is 0 Å². The summed E-state index contributed by atoms with van der Waals surface area (Å²) in [5, 5.41) is 17.1. The number of ether oxygens (including phenoxy) is 1. The minimum Gasteiger partial charge on any atom is -0.479 e. The molecule has 5 nitrogen and oxygen atoms in total. The molecule has 2 N–H and O–H groups in total. The van der Waals surface area contributed by atoms with Crippen molar-refractivity contribution in [3.05, 3.63) is 0 Å². The van der Waals surface area contributed by atoms with E-state index < -0.39 is 17.5 Å². The number of carboxylic acid groups (broad SMARTS) is 2. The summed E-state index contributed by atoms with van der Waals surface area (Å²) in [5.74, 6) is -2.83. The predicted molar refractivity (Wildman–Crippen MR) is 47.7 cm³/mol. The number of hydrogen-bond donors (Lipinski definition) is 2. The van der Waals surface area contributed by atoms with Crippen LogP contribution >= 0.6 is 24.8 Å². The van der Waals surface area contributed by atoms with Gasteiger partial charge in [0.05, 0.1) is 0 Å². The van der Waals surface area contributed by atoms with Crippen LogP contribution in [0.4, 0.5) is 0 Å². The lowest BCUT2D eigenvalue weighted by atomic mass is 10.0.